The summed E-state index contributed by atoms with van der Waals surface area (Å²) in [4.78, 5) is 0. The van der Waals surface area contributed by atoms with E-state index in [4.69, 9.17) is 17.0 Å². The number of hydrogen-bond acceptors (Lipinski definition) is 0. The van der Waals surface area contributed by atoms with Crippen molar-refractivity contribution in [2.24, 2.45) is 0 Å². The molecule has 0 aliphatic carbocycles. The van der Waals surface area contributed by atoms with Gasteiger partial charge in [0.05, 0.1) is 0 Å². The van der Waals surface area contributed by atoms with Crippen LogP contribution in [0, 0.1) is 0 Å². The molecule has 0 aromatic heterocycles. The van der Waals surface area contributed by atoms with Crippen molar-refractivity contribution in [3.8, 4) is 22.3 Å². The fraction of sp³-hybridized carbons (Fsp3) is 0.250. The van der Waals surface area contributed by atoms with Crippen molar-refractivity contribution in [2.75, 3.05) is 0 Å². The van der Waals surface area contributed by atoms with Gasteiger partial charge >= 0.3 is 37.9 Å². The molecule has 226 valence electrons. The molecule has 6 aromatic rings. The van der Waals surface area contributed by atoms with Gasteiger partial charge in [-0.25, -0.2) is 0 Å². The topological polar surface area (TPSA) is 0 Å². The summed E-state index contributed by atoms with van der Waals surface area (Å²) in [5, 5.41) is 5.47. The van der Waals surface area contributed by atoms with E-state index in [1.54, 1.807) is 0 Å². The molecule has 4 heteroatoms. The van der Waals surface area contributed by atoms with Crippen LogP contribution in [0.5, 0.6) is 0 Å². The molecule has 0 bridgehead atoms. The van der Waals surface area contributed by atoms with Gasteiger partial charge in [0, 0.05) is 9.52 Å². The Kier molecular flexibility index (Phi) is 15.9. The van der Waals surface area contributed by atoms with Crippen LogP contribution >= 0.6 is 17.0 Å². The second-order valence-corrected chi connectivity index (χ2v) is 15.8. The minimum absolute atomic E-state index is 0.635. The molecule has 0 saturated carbocycles. The van der Waals surface area contributed by atoms with Gasteiger partial charge in [-0.05, 0) is 23.0 Å². The van der Waals surface area contributed by atoms with Gasteiger partial charge in [0.25, 0.3) is 0 Å². The Morgan fingerprint density at radius 3 is 1.25 bits per heavy atom. The SMILES string of the molecule is CCC(C)c1cc2c(-c3ccccc3)cccc2[cH-]1.CCC(C)c1cc2c(-c3ccccc3)cccc2[cH-]1.C[Si]C.[Cl][Zr+2][Cl]. The van der Waals surface area contributed by atoms with Crippen LogP contribution in [0.25, 0.3) is 43.8 Å². The van der Waals surface area contributed by atoms with E-state index < -0.39 is 20.8 Å². The first-order chi connectivity index (χ1) is 21.4. The zero-order chi connectivity index (χ0) is 31.9. The van der Waals surface area contributed by atoms with Crippen LogP contribution in [0.3, 0.4) is 0 Å². The Hall–Kier alpha value is -2.22. The van der Waals surface area contributed by atoms with Crippen LogP contribution in [0.4, 0.5) is 0 Å². The molecule has 0 amide bonds. The predicted octanol–water partition coefficient (Wildman–Crippen LogP) is 13.6. The van der Waals surface area contributed by atoms with E-state index in [2.05, 4.69) is 162 Å². The molecule has 2 radical (unpaired) electrons. The number of hydrogen-bond donors (Lipinski definition) is 0. The van der Waals surface area contributed by atoms with E-state index >= 15 is 0 Å². The van der Waals surface area contributed by atoms with Gasteiger partial charge in [-0.15, -0.1) is 69.1 Å². The monoisotopic (exact) mass is 712 g/mol. The second-order valence-electron chi connectivity index (χ2n) is 11.1. The van der Waals surface area contributed by atoms with Crippen molar-refractivity contribution in [3.05, 3.63) is 132 Å². The van der Waals surface area contributed by atoms with Crippen LogP contribution in [-0.4, -0.2) is 9.52 Å². The van der Waals surface area contributed by atoms with Crippen LogP contribution in [0.15, 0.2) is 121 Å². The van der Waals surface area contributed by atoms with Crippen molar-refractivity contribution >= 4 is 48.1 Å². The van der Waals surface area contributed by atoms with E-state index in [0.29, 0.717) is 11.8 Å². The van der Waals surface area contributed by atoms with E-state index in [-0.39, 0.29) is 0 Å². The summed E-state index contributed by atoms with van der Waals surface area (Å²) in [5.41, 5.74) is 8.20. The van der Waals surface area contributed by atoms with Gasteiger partial charge in [-0.1, -0.05) is 138 Å². The predicted molar refractivity (Wildman–Crippen MR) is 197 cm³/mol. The van der Waals surface area contributed by atoms with Crippen LogP contribution < -0.4 is 0 Å². The molecule has 0 N–H and O–H groups in total. The van der Waals surface area contributed by atoms with Gasteiger partial charge in [0.15, 0.2) is 0 Å². The van der Waals surface area contributed by atoms with Crippen molar-refractivity contribution in [1.82, 2.24) is 0 Å². The number of halogens is 2. The molecule has 0 spiro atoms. The normalized spacial score (nSPS) is 11.6. The maximum atomic E-state index is 4.93. The Morgan fingerprint density at radius 1 is 0.591 bits per heavy atom. The summed E-state index contributed by atoms with van der Waals surface area (Å²) in [5.74, 6) is 1.27. The number of fused-ring (bicyclic) bond motifs is 2. The molecular formula is C40H44Cl2SiZr. The molecule has 2 unspecified atom stereocenters. The van der Waals surface area contributed by atoms with Crippen molar-refractivity contribution in [2.45, 2.75) is 65.5 Å². The average Bonchev–Trinajstić information content (AvgIpc) is 3.71. The van der Waals surface area contributed by atoms with Crippen LogP contribution in [0.1, 0.15) is 63.5 Å². The fourth-order valence-corrected chi connectivity index (χ4v) is 5.30. The van der Waals surface area contributed by atoms with Gasteiger partial charge < -0.3 is 0 Å². The Balaban J connectivity index is 0.000000204. The maximum absolute atomic E-state index is 4.93. The molecule has 6 rings (SSSR count). The molecule has 2 atom stereocenters. The summed E-state index contributed by atoms with van der Waals surface area (Å²) >= 11 is -0.826. The number of rotatable bonds is 6. The number of benzene rings is 4. The first-order valence-corrected chi connectivity index (χ1v) is 23.8. The summed E-state index contributed by atoms with van der Waals surface area (Å²) in [6.07, 6.45) is 2.38. The Bertz CT molecular complexity index is 1530. The molecule has 0 heterocycles. The van der Waals surface area contributed by atoms with Crippen LogP contribution in [0.2, 0.25) is 13.1 Å². The van der Waals surface area contributed by atoms with E-state index in [1.807, 2.05) is 0 Å². The zero-order valence-corrected chi connectivity index (χ0v) is 31.8. The molecule has 0 aliphatic heterocycles. The summed E-state index contributed by atoms with van der Waals surface area (Å²) in [6, 6.07) is 43.9. The fourth-order valence-electron chi connectivity index (χ4n) is 5.30. The van der Waals surface area contributed by atoms with Gasteiger partial charge in [-0.2, -0.15) is 12.1 Å². The third-order valence-corrected chi connectivity index (χ3v) is 8.08. The molecule has 0 fully saturated rings. The Labute approximate surface area is 287 Å². The zero-order valence-electron chi connectivity index (χ0n) is 26.9. The first kappa shape index (κ1) is 36.3. The van der Waals surface area contributed by atoms with Crippen molar-refractivity contribution in [1.29, 1.82) is 0 Å². The van der Waals surface area contributed by atoms with Gasteiger partial charge in [-0.3, -0.25) is 0 Å². The quantitative estimate of drug-likeness (QED) is 0.119. The molecule has 0 saturated heterocycles. The van der Waals surface area contributed by atoms with Crippen LogP contribution in [-0.2, 0) is 20.8 Å². The van der Waals surface area contributed by atoms with Gasteiger partial charge in [0.1, 0.15) is 0 Å². The summed E-state index contributed by atoms with van der Waals surface area (Å²) in [6.45, 7) is 13.4. The van der Waals surface area contributed by atoms with E-state index in [0.717, 1.165) is 9.52 Å². The first-order valence-electron chi connectivity index (χ1n) is 15.5. The van der Waals surface area contributed by atoms with Crippen molar-refractivity contribution in [3.63, 3.8) is 0 Å². The summed E-state index contributed by atoms with van der Waals surface area (Å²) in [7, 11) is 11.0. The summed E-state index contributed by atoms with van der Waals surface area (Å²) < 4.78 is 0. The molecule has 0 aliphatic rings. The molecule has 44 heavy (non-hydrogen) atoms. The average molecular weight is 715 g/mol. The molecule has 0 nitrogen and oxygen atoms in total. The second kappa shape index (κ2) is 19.3. The minimum atomic E-state index is -0.826. The third kappa shape index (κ3) is 9.89. The van der Waals surface area contributed by atoms with E-state index in [9.17, 15) is 0 Å². The van der Waals surface area contributed by atoms with Gasteiger partial charge in [0.2, 0.25) is 0 Å². The molecule has 6 aromatic carbocycles. The molecular weight excluding hydrogens is 671 g/mol. The standard InChI is InChI=1S/2C19H19.C2H6Si.2ClH.Zr/c2*1-3-14(2)17-12-16-10-7-11-18(19(16)13-17)15-8-5-4-6-9-15;1-3-2;;;/h2*4-14H,3H2,1-2H3;1-2H3;2*1H;/q2*-1;;;;+4/p-2. The van der Waals surface area contributed by atoms with E-state index in [1.165, 1.54) is 67.8 Å². The third-order valence-electron chi connectivity index (χ3n) is 8.08. The Morgan fingerprint density at radius 2 is 0.932 bits per heavy atom. The van der Waals surface area contributed by atoms with Crippen molar-refractivity contribution < 1.29 is 20.8 Å².